The van der Waals surface area contributed by atoms with Crippen molar-refractivity contribution in [2.24, 2.45) is 5.73 Å². The third-order valence-electron chi connectivity index (χ3n) is 1.90. The van der Waals surface area contributed by atoms with Crippen LogP contribution in [-0.4, -0.2) is 17.5 Å². The van der Waals surface area contributed by atoms with Crippen molar-refractivity contribution in [2.75, 3.05) is 0 Å². The average Bonchev–Trinajstić information content (AvgIpc) is 2.08. The first kappa shape index (κ1) is 10.1. The third-order valence-corrected chi connectivity index (χ3v) is 1.90. The van der Waals surface area contributed by atoms with Gasteiger partial charge in [0, 0.05) is 11.9 Å². The van der Waals surface area contributed by atoms with Gasteiger partial charge in [0.25, 0.3) is 6.43 Å². The van der Waals surface area contributed by atoms with Crippen molar-refractivity contribution in [3.8, 4) is 0 Å². The van der Waals surface area contributed by atoms with E-state index < -0.39 is 12.5 Å². The van der Waals surface area contributed by atoms with Crippen molar-refractivity contribution < 1.29 is 8.78 Å². The minimum atomic E-state index is -2.47. The van der Waals surface area contributed by atoms with Gasteiger partial charge in [-0.2, -0.15) is 0 Å². The van der Waals surface area contributed by atoms with Crippen molar-refractivity contribution in [3.05, 3.63) is 29.6 Å². The minimum absolute atomic E-state index is 0.178. The maximum atomic E-state index is 12.1. The van der Waals surface area contributed by atoms with E-state index in [-0.39, 0.29) is 6.42 Å². The monoisotopic (exact) mass is 186 g/mol. The lowest BCUT2D eigenvalue weighted by Gasteiger charge is -2.11. The summed E-state index contributed by atoms with van der Waals surface area (Å²) < 4.78 is 24.2. The van der Waals surface area contributed by atoms with Crippen LogP contribution in [0.25, 0.3) is 0 Å². The van der Waals surface area contributed by atoms with E-state index in [0.29, 0.717) is 0 Å². The number of nitrogens with two attached hydrogens (primary N) is 1. The van der Waals surface area contributed by atoms with E-state index in [1.54, 1.807) is 25.3 Å². The number of alkyl halides is 2. The van der Waals surface area contributed by atoms with E-state index >= 15 is 0 Å². The van der Waals surface area contributed by atoms with E-state index in [1.165, 1.54) is 0 Å². The van der Waals surface area contributed by atoms with Gasteiger partial charge in [0.05, 0.1) is 6.04 Å². The van der Waals surface area contributed by atoms with Gasteiger partial charge >= 0.3 is 0 Å². The van der Waals surface area contributed by atoms with E-state index in [0.717, 1.165) is 11.3 Å². The predicted octanol–water partition coefficient (Wildman–Crippen LogP) is 1.52. The fourth-order valence-corrected chi connectivity index (χ4v) is 1.08. The standard InChI is InChI=1S/C9H12F2N2/c1-6-7(3-2-4-13-6)5-8(12)9(10)11/h2-4,8-9H,5,12H2,1H3. The molecule has 0 bridgehead atoms. The molecule has 0 saturated carbocycles. The van der Waals surface area contributed by atoms with Crippen molar-refractivity contribution in [2.45, 2.75) is 25.8 Å². The van der Waals surface area contributed by atoms with Crippen LogP contribution >= 0.6 is 0 Å². The third kappa shape index (κ3) is 2.73. The first-order chi connectivity index (χ1) is 6.11. The lowest BCUT2D eigenvalue weighted by Crippen LogP contribution is -2.31. The molecule has 2 nitrogen and oxygen atoms in total. The summed E-state index contributed by atoms with van der Waals surface area (Å²) in [6.45, 7) is 1.79. The first-order valence-corrected chi connectivity index (χ1v) is 4.05. The Balaban J connectivity index is 2.69. The Bertz CT molecular complexity index is 276. The van der Waals surface area contributed by atoms with Gasteiger partial charge in [0.1, 0.15) is 0 Å². The van der Waals surface area contributed by atoms with E-state index in [9.17, 15) is 8.78 Å². The molecule has 0 aliphatic rings. The van der Waals surface area contributed by atoms with Crippen molar-refractivity contribution in [1.29, 1.82) is 0 Å². The zero-order valence-corrected chi connectivity index (χ0v) is 7.37. The lowest BCUT2D eigenvalue weighted by atomic mass is 10.1. The van der Waals surface area contributed by atoms with Crippen LogP contribution in [0.5, 0.6) is 0 Å². The van der Waals surface area contributed by atoms with Gasteiger partial charge in [-0.05, 0) is 25.0 Å². The second-order valence-electron chi connectivity index (χ2n) is 2.95. The molecular formula is C9H12F2N2. The van der Waals surface area contributed by atoms with Gasteiger partial charge in [0.15, 0.2) is 0 Å². The predicted molar refractivity (Wildman–Crippen MR) is 46.7 cm³/mol. The summed E-state index contributed by atoms with van der Waals surface area (Å²) >= 11 is 0. The quantitative estimate of drug-likeness (QED) is 0.777. The zero-order valence-electron chi connectivity index (χ0n) is 7.37. The summed E-state index contributed by atoms with van der Waals surface area (Å²) in [4.78, 5) is 3.99. The Morgan fingerprint density at radius 2 is 2.23 bits per heavy atom. The highest BCUT2D eigenvalue weighted by atomic mass is 19.3. The Labute approximate surface area is 75.8 Å². The molecule has 4 heteroatoms. The maximum Gasteiger partial charge on any atom is 0.253 e. The molecule has 13 heavy (non-hydrogen) atoms. The topological polar surface area (TPSA) is 38.9 Å². The molecular weight excluding hydrogens is 174 g/mol. The molecule has 2 N–H and O–H groups in total. The second-order valence-corrected chi connectivity index (χ2v) is 2.95. The van der Waals surface area contributed by atoms with Crippen LogP contribution in [0.2, 0.25) is 0 Å². The minimum Gasteiger partial charge on any atom is -0.323 e. The lowest BCUT2D eigenvalue weighted by molar-refractivity contribution is 0.116. The highest BCUT2D eigenvalue weighted by molar-refractivity contribution is 5.19. The van der Waals surface area contributed by atoms with Gasteiger partial charge in [0.2, 0.25) is 0 Å². The maximum absolute atomic E-state index is 12.1. The van der Waals surface area contributed by atoms with Crippen molar-refractivity contribution in [3.63, 3.8) is 0 Å². The van der Waals surface area contributed by atoms with E-state index in [4.69, 9.17) is 5.73 Å². The van der Waals surface area contributed by atoms with Crippen LogP contribution in [0.4, 0.5) is 8.78 Å². The second kappa shape index (κ2) is 4.28. The van der Waals surface area contributed by atoms with Crippen LogP contribution in [0.15, 0.2) is 18.3 Å². The first-order valence-electron chi connectivity index (χ1n) is 4.05. The molecule has 0 aliphatic heterocycles. The number of aryl methyl sites for hydroxylation is 1. The molecule has 0 aromatic carbocycles. The molecule has 1 aromatic heterocycles. The van der Waals surface area contributed by atoms with Gasteiger partial charge < -0.3 is 5.73 Å². The molecule has 1 aromatic rings. The number of nitrogens with zero attached hydrogens (tertiary/aromatic N) is 1. The molecule has 0 amide bonds. The smallest absolute Gasteiger partial charge is 0.253 e. The molecule has 72 valence electrons. The van der Waals surface area contributed by atoms with Crippen LogP contribution < -0.4 is 5.73 Å². The average molecular weight is 186 g/mol. The molecule has 1 unspecified atom stereocenters. The van der Waals surface area contributed by atoms with Gasteiger partial charge in [-0.3, -0.25) is 4.98 Å². The van der Waals surface area contributed by atoms with Crippen LogP contribution in [0, 0.1) is 6.92 Å². The number of rotatable bonds is 3. The summed E-state index contributed by atoms with van der Waals surface area (Å²) in [6, 6.07) is 2.40. The zero-order chi connectivity index (χ0) is 9.84. The van der Waals surface area contributed by atoms with E-state index in [2.05, 4.69) is 4.98 Å². The fourth-order valence-electron chi connectivity index (χ4n) is 1.08. The summed E-state index contributed by atoms with van der Waals surface area (Å²) in [5, 5.41) is 0. The summed E-state index contributed by atoms with van der Waals surface area (Å²) in [5.41, 5.74) is 6.79. The van der Waals surface area contributed by atoms with Crippen LogP contribution in [-0.2, 0) is 6.42 Å². The van der Waals surface area contributed by atoms with E-state index in [1.807, 2.05) is 0 Å². The molecule has 0 spiro atoms. The normalized spacial score (nSPS) is 13.3. The molecule has 1 atom stereocenters. The summed E-state index contributed by atoms with van der Waals surface area (Å²) in [7, 11) is 0. The van der Waals surface area contributed by atoms with Crippen LogP contribution in [0.1, 0.15) is 11.3 Å². The number of hydrogen-bond donors (Lipinski definition) is 1. The molecule has 0 aliphatic carbocycles. The number of aromatic nitrogens is 1. The SMILES string of the molecule is Cc1ncccc1CC(N)C(F)F. The highest BCUT2D eigenvalue weighted by Crippen LogP contribution is 2.09. The molecule has 0 saturated heterocycles. The van der Waals surface area contributed by atoms with Gasteiger partial charge in [-0.15, -0.1) is 0 Å². The highest BCUT2D eigenvalue weighted by Gasteiger charge is 2.16. The fraction of sp³-hybridized carbons (Fsp3) is 0.444. The van der Waals surface area contributed by atoms with Crippen molar-refractivity contribution >= 4 is 0 Å². The van der Waals surface area contributed by atoms with Crippen LogP contribution in [0.3, 0.4) is 0 Å². The van der Waals surface area contributed by atoms with Gasteiger partial charge in [-0.25, -0.2) is 8.78 Å². The number of pyridine rings is 1. The Morgan fingerprint density at radius 1 is 1.54 bits per heavy atom. The largest absolute Gasteiger partial charge is 0.323 e. The van der Waals surface area contributed by atoms with Crippen molar-refractivity contribution in [1.82, 2.24) is 4.98 Å². The Morgan fingerprint density at radius 3 is 2.77 bits per heavy atom. The van der Waals surface area contributed by atoms with Gasteiger partial charge in [-0.1, -0.05) is 6.07 Å². The molecule has 1 heterocycles. The Hall–Kier alpha value is -1.03. The number of hydrogen-bond acceptors (Lipinski definition) is 2. The number of halogens is 2. The molecule has 0 fully saturated rings. The molecule has 0 radical (unpaired) electrons. The summed E-state index contributed by atoms with van der Waals surface area (Å²) in [5.74, 6) is 0. The molecule has 1 rings (SSSR count). The summed E-state index contributed by atoms with van der Waals surface area (Å²) in [6.07, 6.45) is -0.663. The Kier molecular flexibility index (Phi) is 3.31.